The van der Waals surface area contributed by atoms with Crippen LogP contribution in [0.15, 0.2) is 24.3 Å². The zero-order valence-electron chi connectivity index (χ0n) is 15.4. The molecule has 0 radical (unpaired) electrons. The Morgan fingerprint density at radius 2 is 2.00 bits per heavy atom. The summed E-state index contributed by atoms with van der Waals surface area (Å²) in [4.78, 5) is 16.3. The molecule has 3 rings (SSSR count). The fourth-order valence-electron chi connectivity index (χ4n) is 2.97. The molecule has 1 aromatic carbocycles. The van der Waals surface area contributed by atoms with Gasteiger partial charge in [-0.05, 0) is 49.9 Å². The first-order chi connectivity index (χ1) is 13.3. The van der Waals surface area contributed by atoms with Crippen molar-refractivity contribution in [3.8, 4) is 17.1 Å². The molecule has 0 saturated heterocycles. The van der Waals surface area contributed by atoms with Crippen LogP contribution >= 0.6 is 11.6 Å². The largest absolute Gasteiger partial charge is 0.481 e. The van der Waals surface area contributed by atoms with Gasteiger partial charge >= 0.3 is 5.97 Å². The summed E-state index contributed by atoms with van der Waals surface area (Å²) < 4.78 is 34.9. The normalized spacial score (nSPS) is 13.9. The van der Waals surface area contributed by atoms with Crippen LogP contribution in [-0.4, -0.2) is 35.8 Å². The molecule has 0 unspecified atom stereocenters. The molecule has 1 N–H and O–H groups in total. The smallest absolute Gasteiger partial charge is 0.303 e. The number of hydrogen-bond donors (Lipinski definition) is 1. The average Bonchev–Trinajstić information content (AvgIpc) is 2.58. The van der Waals surface area contributed by atoms with Gasteiger partial charge in [0.25, 0.3) is 0 Å². The van der Waals surface area contributed by atoms with Crippen molar-refractivity contribution in [3.05, 3.63) is 40.9 Å². The number of anilines is 1. The van der Waals surface area contributed by atoms with Gasteiger partial charge in [0, 0.05) is 25.6 Å². The number of aromatic nitrogens is 1. The summed E-state index contributed by atoms with van der Waals surface area (Å²) in [5.41, 5.74) is 0.429. The summed E-state index contributed by atoms with van der Waals surface area (Å²) in [6, 6.07) is 5.59. The van der Waals surface area contributed by atoms with Crippen LogP contribution < -0.4 is 9.64 Å². The molecule has 0 bridgehead atoms. The maximum absolute atomic E-state index is 14.6. The summed E-state index contributed by atoms with van der Waals surface area (Å²) in [6.07, 6.45) is 3.27. The molecule has 0 amide bonds. The predicted molar refractivity (Wildman–Crippen MR) is 103 cm³/mol. The third-order valence-corrected chi connectivity index (χ3v) is 5.01. The van der Waals surface area contributed by atoms with E-state index in [-0.39, 0.29) is 42.6 Å². The number of pyridine rings is 1. The highest BCUT2D eigenvalue weighted by atomic mass is 35.5. The molecule has 1 aliphatic rings. The zero-order chi connectivity index (χ0) is 20.3. The molecular weight excluding hydrogens is 390 g/mol. The van der Waals surface area contributed by atoms with Crippen LogP contribution in [0.3, 0.4) is 0 Å². The number of nitrogens with zero attached hydrogens (tertiary/aromatic N) is 2. The summed E-state index contributed by atoms with van der Waals surface area (Å²) in [5, 5.41) is 9.04. The maximum atomic E-state index is 14.6. The molecule has 1 aliphatic carbocycles. The SMILES string of the molecule is CN(CCCC(=O)O)c1c(F)cc(-c2ccc(Cl)c(OC3CCC3)n2)cc1F. The number of carboxylic acids is 1. The highest BCUT2D eigenvalue weighted by Gasteiger charge is 2.22. The van der Waals surface area contributed by atoms with Gasteiger partial charge in [-0.3, -0.25) is 4.79 Å². The van der Waals surface area contributed by atoms with Gasteiger partial charge in [-0.15, -0.1) is 0 Å². The first-order valence-electron chi connectivity index (χ1n) is 9.10. The lowest BCUT2D eigenvalue weighted by Gasteiger charge is -2.26. The molecule has 1 heterocycles. The second-order valence-corrected chi connectivity index (χ2v) is 7.27. The highest BCUT2D eigenvalue weighted by Crippen LogP contribution is 2.33. The number of carbonyl (C=O) groups is 1. The van der Waals surface area contributed by atoms with Crippen molar-refractivity contribution in [2.75, 3.05) is 18.5 Å². The topological polar surface area (TPSA) is 62.7 Å². The predicted octanol–water partition coefficient (Wildman–Crippen LogP) is 4.91. The van der Waals surface area contributed by atoms with Crippen LogP contribution in [0.4, 0.5) is 14.5 Å². The van der Waals surface area contributed by atoms with E-state index in [9.17, 15) is 13.6 Å². The van der Waals surface area contributed by atoms with Gasteiger partial charge in [-0.1, -0.05) is 11.6 Å². The standard InChI is InChI=1S/C20H21ClF2N2O3/c1-25(9-3-6-18(26)27)19-15(22)10-12(11-16(19)23)17-8-7-14(21)20(24-17)28-13-4-2-5-13/h7-8,10-11,13H,2-6,9H2,1H3,(H,26,27). The number of hydrogen-bond acceptors (Lipinski definition) is 4. The Balaban J connectivity index is 1.81. The third-order valence-electron chi connectivity index (χ3n) is 4.72. The van der Waals surface area contributed by atoms with E-state index >= 15 is 0 Å². The van der Waals surface area contributed by atoms with Gasteiger partial charge in [-0.25, -0.2) is 13.8 Å². The fourth-order valence-corrected chi connectivity index (χ4v) is 3.12. The van der Waals surface area contributed by atoms with E-state index in [1.807, 2.05) is 0 Å². The van der Waals surface area contributed by atoms with E-state index < -0.39 is 17.6 Å². The van der Waals surface area contributed by atoms with Crippen LogP contribution in [0.1, 0.15) is 32.1 Å². The van der Waals surface area contributed by atoms with E-state index in [2.05, 4.69) is 4.98 Å². The number of rotatable bonds is 8. The lowest BCUT2D eigenvalue weighted by atomic mass is 9.96. The average molecular weight is 411 g/mol. The molecule has 8 heteroatoms. The summed E-state index contributed by atoms with van der Waals surface area (Å²) in [5.74, 6) is -2.17. The number of carboxylic acid groups (broad SMARTS) is 1. The number of ether oxygens (including phenoxy) is 1. The first-order valence-corrected chi connectivity index (χ1v) is 9.48. The van der Waals surface area contributed by atoms with Crippen molar-refractivity contribution in [2.24, 2.45) is 0 Å². The molecule has 2 aromatic rings. The van der Waals surface area contributed by atoms with Crippen molar-refractivity contribution in [1.82, 2.24) is 4.98 Å². The molecule has 150 valence electrons. The van der Waals surface area contributed by atoms with E-state index in [1.165, 1.54) is 24.1 Å². The van der Waals surface area contributed by atoms with Crippen LogP contribution in [-0.2, 0) is 4.79 Å². The molecule has 1 fully saturated rings. The van der Waals surface area contributed by atoms with Crippen molar-refractivity contribution in [1.29, 1.82) is 0 Å². The summed E-state index contributed by atoms with van der Waals surface area (Å²) >= 11 is 6.12. The molecule has 28 heavy (non-hydrogen) atoms. The summed E-state index contributed by atoms with van der Waals surface area (Å²) in [6.45, 7) is 0.220. The molecule has 0 atom stereocenters. The minimum absolute atomic E-state index is 0.0653. The Labute approximate surface area is 166 Å². The van der Waals surface area contributed by atoms with Gasteiger partial charge in [-0.2, -0.15) is 0 Å². The second kappa shape index (κ2) is 8.73. The number of halogens is 3. The Morgan fingerprint density at radius 3 is 2.57 bits per heavy atom. The number of aliphatic carboxylic acids is 1. The van der Waals surface area contributed by atoms with Gasteiger partial charge in [0.15, 0.2) is 0 Å². The van der Waals surface area contributed by atoms with Gasteiger partial charge in [0.1, 0.15) is 28.4 Å². The summed E-state index contributed by atoms with van der Waals surface area (Å²) in [7, 11) is 1.52. The lowest BCUT2D eigenvalue weighted by molar-refractivity contribution is -0.137. The van der Waals surface area contributed by atoms with E-state index in [1.54, 1.807) is 12.1 Å². The van der Waals surface area contributed by atoms with Gasteiger partial charge in [0.2, 0.25) is 5.88 Å². The second-order valence-electron chi connectivity index (χ2n) is 6.86. The molecule has 1 aromatic heterocycles. The van der Waals surface area contributed by atoms with Gasteiger partial charge in [0.05, 0.1) is 5.69 Å². The molecule has 0 aliphatic heterocycles. The van der Waals surface area contributed by atoms with Crippen molar-refractivity contribution in [2.45, 2.75) is 38.2 Å². The van der Waals surface area contributed by atoms with Crippen LogP contribution in [0, 0.1) is 11.6 Å². The van der Waals surface area contributed by atoms with Crippen molar-refractivity contribution >= 4 is 23.3 Å². The highest BCUT2D eigenvalue weighted by molar-refractivity contribution is 6.31. The van der Waals surface area contributed by atoms with E-state index in [4.69, 9.17) is 21.4 Å². The molecule has 0 spiro atoms. The first kappa shape index (κ1) is 20.3. The van der Waals surface area contributed by atoms with E-state index in [0.717, 1.165) is 19.3 Å². The van der Waals surface area contributed by atoms with Crippen LogP contribution in [0.2, 0.25) is 5.02 Å². The van der Waals surface area contributed by atoms with Crippen molar-refractivity contribution < 1.29 is 23.4 Å². The minimum Gasteiger partial charge on any atom is -0.481 e. The Morgan fingerprint density at radius 1 is 1.32 bits per heavy atom. The maximum Gasteiger partial charge on any atom is 0.303 e. The van der Waals surface area contributed by atoms with Crippen molar-refractivity contribution in [3.63, 3.8) is 0 Å². The fraction of sp³-hybridized carbons (Fsp3) is 0.400. The molecular formula is C20H21ClF2N2O3. The Kier molecular flexibility index (Phi) is 6.34. The quantitative estimate of drug-likeness (QED) is 0.669. The van der Waals surface area contributed by atoms with Gasteiger partial charge < -0.3 is 14.7 Å². The lowest BCUT2D eigenvalue weighted by Crippen LogP contribution is -2.25. The minimum atomic E-state index is -0.946. The molecule has 5 nitrogen and oxygen atoms in total. The number of benzene rings is 1. The Hall–Kier alpha value is -2.41. The van der Waals surface area contributed by atoms with Crippen LogP contribution in [0.25, 0.3) is 11.3 Å². The monoisotopic (exact) mass is 410 g/mol. The van der Waals surface area contributed by atoms with Crippen LogP contribution in [0.5, 0.6) is 5.88 Å². The zero-order valence-corrected chi connectivity index (χ0v) is 16.2. The third kappa shape index (κ3) is 4.70. The Bertz CT molecular complexity index is 852. The molecule has 1 saturated carbocycles. The van der Waals surface area contributed by atoms with E-state index in [0.29, 0.717) is 10.7 Å².